The molecular weight excluding hydrogens is 222 g/mol. The van der Waals surface area contributed by atoms with Crippen molar-refractivity contribution in [2.24, 2.45) is 22.7 Å². The van der Waals surface area contributed by atoms with Gasteiger partial charge in [-0.05, 0) is 49.9 Å². The van der Waals surface area contributed by atoms with E-state index >= 15 is 0 Å². The number of unbranched alkanes of at least 4 members (excludes halogenated alkanes) is 1. The summed E-state index contributed by atoms with van der Waals surface area (Å²) in [5.74, 6) is 4.03. The lowest BCUT2D eigenvalue weighted by molar-refractivity contribution is 0.387. The first-order valence-corrected chi connectivity index (χ1v) is 7.68. The Hall–Kier alpha value is -0.730. The molecule has 0 aliphatic heterocycles. The Kier molecular flexibility index (Phi) is 4.90. The lowest BCUT2D eigenvalue weighted by Gasteiger charge is -2.24. The van der Waals surface area contributed by atoms with E-state index in [1.165, 1.54) is 38.5 Å². The molecule has 0 saturated heterocycles. The summed E-state index contributed by atoms with van der Waals surface area (Å²) in [5, 5.41) is 3.60. The fourth-order valence-electron chi connectivity index (χ4n) is 2.86. The van der Waals surface area contributed by atoms with Gasteiger partial charge in [-0.2, -0.15) is 0 Å². The van der Waals surface area contributed by atoms with Crippen LogP contribution in [0.25, 0.3) is 0 Å². The van der Waals surface area contributed by atoms with E-state index in [2.05, 4.69) is 29.2 Å². The van der Waals surface area contributed by atoms with Crippen LogP contribution in [0.15, 0.2) is 4.99 Å². The standard InChI is InChI=1S/C15H29N3/c1-4-5-10-18(3)15(16-2)17-11-14(12-6-7-12)13-8-9-13/h12-14H,4-11H2,1-3H3,(H,16,17). The first kappa shape index (κ1) is 13.7. The van der Waals surface area contributed by atoms with Gasteiger partial charge in [0.05, 0.1) is 0 Å². The minimum Gasteiger partial charge on any atom is -0.356 e. The van der Waals surface area contributed by atoms with Gasteiger partial charge in [0.25, 0.3) is 0 Å². The maximum absolute atomic E-state index is 4.40. The number of nitrogens with zero attached hydrogens (tertiary/aromatic N) is 2. The minimum atomic E-state index is 0.918. The van der Waals surface area contributed by atoms with E-state index in [9.17, 15) is 0 Å². The van der Waals surface area contributed by atoms with E-state index in [-0.39, 0.29) is 0 Å². The second-order valence-corrected chi connectivity index (χ2v) is 6.04. The number of guanidine groups is 1. The van der Waals surface area contributed by atoms with E-state index in [4.69, 9.17) is 0 Å². The number of rotatable bonds is 7. The van der Waals surface area contributed by atoms with Crippen molar-refractivity contribution in [2.75, 3.05) is 27.2 Å². The van der Waals surface area contributed by atoms with Crippen LogP contribution in [0.1, 0.15) is 45.4 Å². The Bertz CT molecular complexity index is 267. The van der Waals surface area contributed by atoms with Crippen LogP contribution in [0.5, 0.6) is 0 Å². The maximum atomic E-state index is 4.40. The lowest BCUT2D eigenvalue weighted by atomic mass is 9.98. The molecular formula is C15H29N3. The van der Waals surface area contributed by atoms with E-state index in [0.29, 0.717) is 0 Å². The van der Waals surface area contributed by atoms with Gasteiger partial charge in [0.1, 0.15) is 0 Å². The second kappa shape index (κ2) is 6.44. The Labute approximate surface area is 112 Å². The third-order valence-electron chi connectivity index (χ3n) is 4.37. The van der Waals surface area contributed by atoms with Crippen LogP contribution in [0.2, 0.25) is 0 Å². The average molecular weight is 251 g/mol. The van der Waals surface area contributed by atoms with Crippen molar-refractivity contribution >= 4 is 5.96 Å². The fourth-order valence-corrected chi connectivity index (χ4v) is 2.86. The molecule has 0 amide bonds. The molecule has 0 bridgehead atoms. The van der Waals surface area contributed by atoms with Gasteiger partial charge in [-0.1, -0.05) is 13.3 Å². The number of nitrogens with one attached hydrogen (secondary N) is 1. The Morgan fingerprint density at radius 2 is 1.89 bits per heavy atom. The summed E-state index contributed by atoms with van der Waals surface area (Å²) in [5.41, 5.74) is 0. The van der Waals surface area contributed by atoms with Crippen LogP contribution in [-0.4, -0.2) is 38.0 Å². The molecule has 0 aromatic carbocycles. The zero-order valence-electron chi connectivity index (χ0n) is 12.3. The summed E-state index contributed by atoms with van der Waals surface area (Å²) in [6, 6.07) is 0. The van der Waals surface area contributed by atoms with Crippen LogP contribution in [0.4, 0.5) is 0 Å². The Morgan fingerprint density at radius 3 is 2.33 bits per heavy atom. The largest absolute Gasteiger partial charge is 0.356 e. The molecule has 0 aromatic rings. The summed E-state index contributed by atoms with van der Waals surface area (Å²) in [7, 11) is 4.04. The molecule has 1 N–H and O–H groups in total. The van der Waals surface area contributed by atoms with Crippen LogP contribution >= 0.6 is 0 Å². The summed E-state index contributed by atoms with van der Waals surface area (Å²) in [6.07, 6.45) is 8.35. The van der Waals surface area contributed by atoms with E-state index in [1.54, 1.807) is 0 Å². The molecule has 3 heteroatoms. The topological polar surface area (TPSA) is 27.6 Å². The molecule has 18 heavy (non-hydrogen) atoms. The lowest BCUT2D eigenvalue weighted by Crippen LogP contribution is -2.42. The van der Waals surface area contributed by atoms with Crippen molar-refractivity contribution in [2.45, 2.75) is 45.4 Å². The third kappa shape index (κ3) is 3.89. The maximum Gasteiger partial charge on any atom is 0.193 e. The van der Waals surface area contributed by atoms with Gasteiger partial charge < -0.3 is 10.2 Å². The molecule has 0 atom stereocenters. The van der Waals surface area contributed by atoms with Crippen molar-refractivity contribution in [3.05, 3.63) is 0 Å². The van der Waals surface area contributed by atoms with Gasteiger partial charge in [-0.3, -0.25) is 4.99 Å². The highest BCUT2D eigenvalue weighted by Crippen LogP contribution is 2.48. The molecule has 0 aromatic heterocycles. The first-order valence-electron chi connectivity index (χ1n) is 7.68. The van der Waals surface area contributed by atoms with Crippen molar-refractivity contribution in [3.63, 3.8) is 0 Å². The number of hydrogen-bond donors (Lipinski definition) is 1. The third-order valence-corrected chi connectivity index (χ3v) is 4.37. The van der Waals surface area contributed by atoms with Gasteiger partial charge in [0.15, 0.2) is 5.96 Å². The first-order chi connectivity index (χ1) is 8.76. The predicted octanol–water partition coefficient (Wildman–Crippen LogP) is 2.73. The summed E-state index contributed by atoms with van der Waals surface area (Å²) in [6.45, 7) is 4.48. The highest BCUT2D eigenvalue weighted by atomic mass is 15.3. The molecule has 3 nitrogen and oxygen atoms in total. The Balaban J connectivity index is 1.75. The predicted molar refractivity (Wildman–Crippen MR) is 77.8 cm³/mol. The highest BCUT2D eigenvalue weighted by Gasteiger charge is 2.41. The minimum absolute atomic E-state index is 0.918. The second-order valence-electron chi connectivity index (χ2n) is 6.04. The Morgan fingerprint density at radius 1 is 1.28 bits per heavy atom. The van der Waals surface area contributed by atoms with Crippen LogP contribution in [-0.2, 0) is 0 Å². The monoisotopic (exact) mass is 251 g/mol. The smallest absolute Gasteiger partial charge is 0.193 e. The molecule has 2 rings (SSSR count). The van der Waals surface area contributed by atoms with Gasteiger partial charge in [0.2, 0.25) is 0 Å². The fraction of sp³-hybridized carbons (Fsp3) is 0.933. The zero-order valence-corrected chi connectivity index (χ0v) is 12.3. The molecule has 0 heterocycles. The van der Waals surface area contributed by atoms with E-state index in [0.717, 1.165) is 36.8 Å². The van der Waals surface area contributed by atoms with Gasteiger partial charge >= 0.3 is 0 Å². The molecule has 2 aliphatic rings. The summed E-state index contributed by atoms with van der Waals surface area (Å²) in [4.78, 5) is 6.67. The van der Waals surface area contributed by atoms with E-state index in [1.807, 2.05) is 7.05 Å². The molecule has 0 unspecified atom stereocenters. The number of aliphatic imine (C=N–C) groups is 1. The molecule has 104 valence electrons. The van der Waals surface area contributed by atoms with Crippen LogP contribution in [0, 0.1) is 17.8 Å². The molecule has 0 spiro atoms. The van der Waals surface area contributed by atoms with E-state index < -0.39 is 0 Å². The highest BCUT2D eigenvalue weighted by molar-refractivity contribution is 5.79. The van der Waals surface area contributed by atoms with Crippen LogP contribution in [0.3, 0.4) is 0 Å². The van der Waals surface area contributed by atoms with Crippen molar-refractivity contribution in [1.82, 2.24) is 10.2 Å². The average Bonchev–Trinajstić information content (AvgIpc) is 3.24. The SMILES string of the molecule is CCCCN(C)C(=NC)NCC(C1CC1)C1CC1. The zero-order chi connectivity index (χ0) is 13.0. The quantitative estimate of drug-likeness (QED) is 0.556. The van der Waals surface area contributed by atoms with Crippen molar-refractivity contribution < 1.29 is 0 Å². The molecule has 0 radical (unpaired) electrons. The van der Waals surface area contributed by atoms with Gasteiger partial charge in [-0.15, -0.1) is 0 Å². The molecule has 2 saturated carbocycles. The van der Waals surface area contributed by atoms with Gasteiger partial charge in [-0.25, -0.2) is 0 Å². The molecule has 2 fully saturated rings. The summed E-state index contributed by atoms with van der Waals surface area (Å²) >= 11 is 0. The normalized spacial score (nSPS) is 20.3. The van der Waals surface area contributed by atoms with Crippen molar-refractivity contribution in [3.8, 4) is 0 Å². The number of hydrogen-bond acceptors (Lipinski definition) is 1. The van der Waals surface area contributed by atoms with Crippen molar-refractivity contribution in [1.29, 1.82) is 0 Å². The van der Waals surface area contributed by atoms with Crippen LogP contribution < -0.4 is 5.32 Å². The summed E-state index contributed by atoms with van der Waals surface area (Å²) < 4.78 is 0. The van der Waals surface area contributed by atoms with Gasteiger partial charge in [0, 0.05) is 27.2 Å². The molecule has 2 aliphatic carbocycles.